The van der Waals surface area contributed by atoms with E-state index >= 15 is 0 Å². The lowest BCUT2D eigenvalue weighted by molar-refractivity contribution is -0.129. The molecule has 10 heteroatoms. The largest absolute Gasteiger partial charge is 0.381 e. The third-order valence-electron chi connectivity index (χ3n) is 7.68. The predicted molar refractivity (Wildman–Crippen MR) is 165 cm³/mol. The minimum absolute atomic E-state index is 0.00386. The number of amides is 1. The van der Waals surface area contributed by atoms with Gasteiger partial charge < -0.3 is 10.2 Å². The molecule has 0 aliphatic carbocycles. The number of benzene rings is 3. The van der Waals surface area contributed by atoms with Crippen LogP contribution in [0.3, 0.4) is 0 Å². The van der Waals surface area contributed by atoms with Crippen LogP contribution in [0.4, 0.5) is 10.1 Å². The van der Waals surface area contributed by atoms with Crippen molar-refractivity contribution < 1.29 is 17.6 Å². The number of pyridine rings is 1. The summed E-state index contributed by atoms with van der Waals surface area (Å²) in [5.74, 6) is -0.812. The minimum atomic E-state index is -4.07. The summed E-state index contributed by atoms with van der Waals surface area (Å²) in [6.45, 7) is 1.17. The predicted octanol–water partition coefficient (Wildman–Crippen LogP) is 6.25. The summed E-state index contributed by atoms with van der Waals surface area (Å²) >= 11 is 5.96. The number of nitrogens with zero attached hydrogens (tertiary/aromatic N) is 3. The highest BCUT2D eigenvalue weighted by Gasteiger charge is 2.30. The topological polar surface area (TPSA) is 84.3 Å². The quantitative estimate of drug-likeness (QED) is 0.209. The zero-order valence-electron chi connectivity index (χ0n) is 23.0. The number of anilines is 1. The summed E-state index contributed by atoms with van der Waals surface area (Å²) in [5.41, 5.74) is 5.00. The molecule has 1 atom stereocenters. The first-order chi connectivity index (χ1) is 20.9. The smallest absolute Gasteiger partial charge is 0.269 e. The van der Waals surface area contributed by atoms with Gasteiger partial charge in [-0.15, -0.1) is 11.6 Å². The van der Waals surface area contributed by atoms with Crippen molar-refractivity contribution in [3.05, 3.63) is 138 Å². The Hall–Kier alpha value is -4.47. The van der Waals surface area contributed by atoms with E-state index in [4.69, 9.17) is 11.6 Å². The Balaban J connectivity index is 1.37. The molecular weight excluding hydrogens is 587 g/mol. The van der Waals surface area contributed by atoms with Crippen LogP contribution in [0.2, 0.25) is 0 Å². The molecule has 218 valence electrons. The fourth-order valence-corrected chi connectivity index (χ4v) is 7.09. The van der Waals surface area contributed by atoms with Crippen LogP contribution in [0.1, 0.15) is 28.2 Å². The normalized spacial score (nSPS) is 14.7. The van der Waals surface area contributed by atoms with Gasteiger partial charge in [-0.05, 0) is 58.7 Å². The van der Waals surface area contributed by atoms with E-state index < -0.39 is 15.8 Å². The third kappa shape index (κ3) is 5.66. The fourth-order valence-electron chi connectivity index (χ4n) is 5.56. The number of hydrogen-bond donors (Lipinski definition) is 1. The molecular formula is C33H28ClFN4O3S. The number of alkyl halides is 1. The van der Waals surface area contributed by atoms with Gasteiger partial charge in [-0.25, -0.2) is 16.8 Å². The van der Waals surface area contributed by atoms with Gasteiger partial charge in [-0.2, -0.15) is 0 Å². The lowest BCUT2D eigenvalue weighted by Crippen LogP contribution is -2.39. The Kier molecular flexibility index (Phi) is 8.01. The first kappa shape index (κ1) is 28.6. The maximum atomic E-state index is 14.9. The van der Waals surface area contributed by atoms with E-state index in [0.717, 1.165) is 26.4 Å². The van der Waals surface area contributed by atoms with Crippen LogP contribution in [-0.4, -0.2) is 40.6 Å². The van der Waals surface area contributed by atoms with Gasteiger partial charge in [0.1, 0.15) is 16.6 Å². The summed E-state index contributed by atoms with van der Waals surface area (Å²) < 4.78 is 43.3. The van der Waals surface area contributed by atoms with Gasteiger partial charge >= 0.3 is 0 Å². The molecule has 1 unspecified atom stereocenters. The van der Waals surface area contributed by atoms with E-state index in [2.05, 4.69) is 28.5 Å². The Bertz CT molecular complexity index is 1880. The highest BCUT2D eigenvalue weighted by atomic mass is 35.5. The van der Waals surface area contributed by atoms with E-state index in [0.29, 0.717) is 18.7 Å². The van der Waals surface area contributed by atoms with Crippen molar-refractivity contribution in [1.29, 1.82) is 0 Å². The second-order valence-corrected chi connectivity index (χ2v) is 12.4. The molecule has 0 fully saturated rings. The maximum absolute atomic E-state index is 14.9. The monoisotopic (exact) mass is 614 g/mol. The molecule has 43 heavy (non-hydrogen) atoms. The highest BCUT2D eigenvalue weighted by molar-refractivity contribution is 7.90. The first-order valence-corrected chi connectivity index (χ1v) is 15.7. The Labute approximate surface area is 254 Å². The van der Waals surface area contributed by atoms with Crippen LogP contribution in [0.25, 0.3) is 11.3 Å². The second kappa shape index (κ2) is 12.0. The van der Waals surface area contributed by atoms with Crippen molar-refractivity contribution in [3.8, 4) is 11.3 Å². The molecule has 0 saturated heterocycles. The lowest BCUT2D eigenvalue weighted by atomic mass is 9.84. The molecule has 0 spiro atoms. The number of aromatic nitrogens is 2. The zero-order valence-corrected chi connectivity index (χ0v) is 24.6. The summed E-state index contributed by atoms with van der Waals surface area (Å²) in [5, 5.41) is 3.45. The molecule has 1 aliphatic rings. The van der Waals surface area contributed by atoms with Gasteiger partial charge in [0.15, 0.2) is 0 Å². The molecule has 0 bridgehead atoms. The van der Waals surface area contributed by atoms with E-state index in [1.54, 1.807) is 35.2 Å². The molecule has 7 nitrogen and oxygen atoms in total. The average molecular weight is 615 g/mol. The average Bonchev–Trinajstić information content (AvgIpc) is 3.49. The van der Waals surface area contributed by atoms with Crippen LogP contribution in [0.15, 0.2) is 114 Å². The van der Waals surface area contributed by atoms with Crippen molar-refractivity contribution >= 4 is 33.2 Å². The van der Waals surface area contributed by atoms with Crippen LogP contribution >= 0.6 is 11.6 Å². The molecule has 3 heterocycles. The van der Waals surface area contributed by atoms with E-state index in [9.17, 15) is 17.6 Å². The number of halogens is 2. The van der Waals surface area contributed by atoms with Crippen LogP contribution < -0.4 is 5.32 Å². The van der Waals surface area contributed by atoms with Crippen molar-refractivity contribution in [1.82, 2.24) is 13.9 Å². The summed E-state index contributed by atoms with van der Waals surface area (Å²) in [4.78, 5) is 18.5. The molecule has 1 N–H and O–H groups in total. The number of nitrogens with one attached hydrogen (secondary N) is 1. The van der Waals surface area contributed by atoms with Gasteiger partial charge in [0, 0.05) is 55.4 Å². The van der Waals surface area contributed by atoms with E-state index in [1.165, 1.54) is 30.7 Å². The highest BCUT2D eigenvalue weighted by Crippen LogP contribution is 2.37. The van der Waals surface area contributed by atoms with Crippen molar-refractivity contribution in [3.63, 3.8) is 0 Å². The third-order valence-corrected chi connectivity index (χ3v) is 9.56. The van der Waals surface area contributed by atoms with E-state index in [-0.39, 0.29) is 40.4 Å². The van der Waals surface area contributed by atoms with Crippen molar-refractivity contribution in [2.45, 2.75) is 23.9 Å². The molecule has 0 saturated carbocycles. The van der Waals surface area contributed by atoms with Gasteiger partial charge in [-0.1, -0.05) is 54.6 Å². The SMILES string of the molecule is O=C(CCl)N1Cc2c(NCc3cc(-c4ccccc4F)n(S(=O)(=O)c4cccnc4)c3)cccc2C(c2ccccc2)C1. The number of carbonyl (C=O) groups is 1. The molecule has 6 rings (SSSR count). The molecule has 2 aromatic heterocycles. The molecule has 3 aromatic carbocycles. The molecule has 0 radical (unpaired) electrons. The standard InChI is InChI=1S/C33H28ClFN4O3S/c34-17-33(40)38-21-28(24-8-2-1-3-9-24)26-12-6-14-31(29(26)22-38)37-18-23-16-32(27-11-4-5-13-30(27)35)39(20-23)43(41,42)25-10-7-15-36-19-25/h1-16,19-20,28,37H,17-18,21-22H2. The van der Waals surface area contributed by atoms with Crippen LogP contribution in [-0.2, 0) is 27.9 Å². The van der Waals surface area contributed by atoms with Crippen molar-refractivity contribution in [2.24, 2.45) is 0 Å². The summed E-state index contributed by atoms with van der Waals surface area (Å²) in [6.07, 6.45) is 4.26. The van der Waals surface area contributed by atoms with Gasteiger partial charge in [-0.3, -0.25) is 9.78 Å². The lowest BCUT2D eigenvalue weighted by Gasteiger charge is -2.36. The van der Waals surface area contributed by atoms with Crippen LogP contribution in [0, 0.1) is 5.82 Å². The fraction of sp³-hybridized carbons (Fsp3) is 0.152. The van der Waals surface area contributed by atoms with Crippen molar-refractivity contribution in [2.75, 3.05) is 17.7 Å². The van der Waals surface area contributed by atoms with Crippen LogP contribution in [0.5, 0.6) is 0 Å². The second-order valence-electron chi connectivity index (χ2n) is 10.3. The zero-order chi connectivity index (χ0) is 30.0. The minimum Gasteiger partial charge on any atom is -0.381 e. The first-order valence-electron chi connectivity index (χ1n) is 13.7. The number of hydrogen-bond acceptors (Lipinski definition) is 5. The van der Waals surface area contributed by atoms with Gasteiger partial charge in [0.25, 0.3) is 10.0 Å². The molecule has 1 amide bonds. The molecule has 1 aliphatic heterocycles. The number of rotatable bonds is 8. The Morgan fingerprint density at radius 3 is 2.53 bits per heavy atom. The number of carbonyl (C=O) groups excluding carboxylic acids is 1. The Morgan fingerprint density at radius 2 is 1.79 bits per heavy atom. The Morgan fingerprint density at radius 1 is 1.00 bits per heavy atom. The van der Waals surface area contributed by atoms with E-state index in [1.807, 2.05) is 30.3 Å². The molecule has 5 aromatic rings. The van der Waals surface area contributed by atoms with Gasteiger partial charge in [0.2, 0.25) is 5.91 Å². The van der Waals surface area contributed by atoms with Gasteiger partial charge in [0.05, 0.1) is 5.69 Å². The number of fused-ring (bicyclic) bond motifs is 1. The maximum Gasteiger partial charge on any atom is 0.269 e. The summed E-state index contributed by atoms with van der Waals surface area (Å²) in [7, 11) is -4.07. The summed E-state index contributed by atoms with van der Waals surface area (Å²) in [6, 6.07) is 26.8.